The van der Waals surface area contributed by atoms with Crippen LogP contribution in [0, 0.1) is 11.8 Å². The zero-order valence-corrected chi connectivity index (χ0v) is 19.3. The lowest BCUT2D eigenvalue weighted by atomic mass is 9.84. The van der Waals surface area contributed by atoms with Gasteiger partial charge < -0.3 is 14.4 Å². The lowest BCUT2D eigenvalue weighted by Crippen LogP contribution is -2.44. The number of rotatable bonds is 3. The van der Waals surface area contributed by atoms with E-state index in [2.05, 4.69) is 0 Å². The van der Waals surface area contributed by atoms with Gasteiger partial charge in [-0.1, -0.05) is 30.3 Å². The van der Waals surface area contributed by atoms with Crippen LogP contribution in [0.25, 0.3) is 6.08 Å². The number of anilines is 1. The molecule has 174 valence electrons. The normalized spacial score (nSPS) is 25.9. The number of imide groups is 1. The number of nitrogens with zero attached hydrogens (tertiary/aromatic N) is 2. The molecule has 3 aromatic rings. The number of Topliss-reactive ketones (excluding diaryl/α,β-unsaturated/α-hetero) is 1. The largest absolute Gasteiger partial charge is 0.486 e. The number of carbonyl (C=O) groups excluding carboxylic acids is 3. The van der Waals surface area contributed by atoms with E-state index in [-0.39, 0.29) is 17.6 Å². The van der Waals surface area contributed by atoms with Crippen LogP contribution in [0.4, 0.5) is 5.69 Å². The average Bonchev–Trinajstić information content (AvgIpc) is 3.60. The first-order valence-electron chi connectivity index (χ1n) is 11.5. The summed E-state index contributed by atoms with van der Waals surface area (Å²) in [5, 5.41) is 1.85. The van der Waals surface area contributed by atoms with Crippen molar-refractivity contribution in [3.8, 4) is 11.5 Å². The van der Waals surface area contributed by atoms with Gasteiger partial charge in [-0.05, 0) is 40.8 Å². The monoisotopic (exact) mass is 484 g/mol. The van der Waals surface area contributed by atoms with Crippen molar-refractivity contribution < 1.29 is 23.9 Å². The third kappa shape index (κ3) is 2.86. The highest BCUT2D eigenvalue weighted by Crippen LogP contribution is 2.54. The molecule has 0 spiro atoms. The minimum Gasteiger partial charge on any atom is -0.486 e. The highest BCUT2D eigenvalue weighted by Gasteiger charge is 2.64. The number of thiophene rings is 1. The predicted molar refractivity (Wildman–Crippen MR) is 129 cm³/mol. The first-order valence-corrected chi connectivity index (χ1v) is 12.4. The van der Waals surface area contributed by atoms with Crippen molar-refractivity contribution in [1.29, 1.82) is 0 Å². The number of carbonyl (C=O) groups is 3. The summed E-state index contributed by atoms with van der Waals surface area (Å²) in [5.74, 6) is -1.15. The fourth-order valence-electron chi connectivity index (χ4n) is 5.85. The van der Waals surface area contributed by atoms with E-state index in [0.717, 1.165) is 11.1 Å². The number of ether oxygens (including phenoxy) is 2. The molecule has 0 bridgehead atoms. The standard InChI is InChI=1S/C27H20N2O5S/c30-25(20-6-3-13-35-20)24-22-21(23-17-5-2-1-4-15(17)9-10-28(23)24)26(31)29(27(22)32)16-7-8-18-19(14-16)34-12-11-33-18/h1-10,13-14,21-24H,11-12H2/t21-,22+,23?,24-/m0/s1. The smallest absolute Gasteiger partial charge is 0.240 e. The number of hydrogen-bond acceptors (Lipinski definition) is 7. The second-order valence-corrected chi connectivity index (χ2v) is 9.96. The van der Waals surface area contributed by atoms with Crippen LogP contribution in [-0.2, 0) is 9.59 Å². The van der Waals surface area contributed by atoms with Crippen LogP contribution in [0.5, 0.6) is 11.5 Å². The minimum atomic E-state index is -0.786. The van der Waals surface area contributed by atoms with Crippen molar-refractivity contribution in [2.24, 2.45) is 11.8 Å². The van der Waals surface area contributed by atoms with Crippen molar-refractivity contribution in [3.63, 3.8) is 0 Å². The Balaban J connectivity index is 1.35. The molecule has 0 saturated carbocycles. The molecule has 0 radical (unpaired) electrons. The Morgan fingerprint density at radius 2 is 1.71 bits per heavy atom. The van der Waals surface area contributed by atoms with Crippen LogP contribution in [0.15, 0.2) is 66.2 Å². The Morgan fingerprint density at radius 3 is 2.54 bits per heavy atom. The van der Waals surface area contributed by atoms with Gasteiger partial charge in [0.15, 0.2) is 17.3 Å². The first-order chi connectivity index (χ1) is 17.1. The van der Waals surface area contributed by atoms with Crippen LogP contribution < -0.4 is 14.4 Å². The Labute approximate surface area is 205 Å². The van der Waals surface area contributed by atoms with E-state index in [1.54, 1.807) is 24.3 Å². The van der Waals surface area contributed by atoms with Gasteiger partial charge >= 0.3 is 0 Å². The van der Waals surface area contributed by atoms with E-state index in [1.807, 2.05) is 52.9 Å². The van der Waals surface area contributed by atoms with Crippen LogP contribution in [-0.4, -0.2) is 41.8 Å². The summed E-state index contributed by atoms with van der Waals surface area (Å²) < 4.78 is 11.3. The summed E-state index contributed by atoms with van der Waals surface area (Å²) in [6.45, 7) is 0.857. The number of ketones is 1. The second-order valence-electron chi connectivity index (χ2n) is 9.01. The Morgan fingerprint density at radius 1 is 0.914 bits per heavy atom. The fraction of sp³-hybridized carbons (Fsp3) is 0.222. The van der Waals surface area contributed by atoms with Crippen LogP contribution in [0.3, 0.4) is 0 Å². The highest BCUT2D eigenvalue weighted by atomic mass is 32.1. The number of fused-ring (bicyclic) bond motifs is 6. The maximum Gasteiger partial charge on any atom is 0.240 e. The zero-order valence-electron chi connectivity index (χ0n) is 18.5. The fourth-order valence-corrected chi connectivity index (χ4v) is 6.55. The molecule has 2 saturated heterocycles. The summed E-state index contributed by atoms with van der Waals surface area (Å²) in [4.78, 5) is 45.4. The maximum atomic E-state index is 14.0. The van der Waals surface area contributed by atoms with E-state index in [1.165, 1.54) is 16.2 Å². The van der Waals surface area contributed by atoms with E-state index >= 15 is 0 Å². The molecule has 2 fully saturated rings. The number of benzene rings is 2. The number of amides is 2. The molecule has 7 nitrogen and oxygen atoms in total. The van der Waals surface area contributed by atoms with Gasteiger partial charge in [0, 0.05) is 12.3 Å². The van der Waals surface area contributed by atoms with Crippen molar-refractivity contribution in [2.45, 2.75) is 12.1 Å². The van der Waals surface area contributed by atoms with Gasteiger partial charge in [0.1, 0.15) is 19.3 Å². The molecule has 1 unspecified atom stereocenters. The van der Waals surface area contributed by atoms with Gasteiger partial charge in [-0.2, -0.15) is 0 Å². The molecule has 8 heteroatoms. The lowest BCUT2D eigenvalue weighted by Gasteiger charge is -2.35. The van der Waals surface area contributed by atoms with Gasteiger partial charge in [-0.15, -0.1) is 11.3 Å². The summed E-state index contributed by atoms with van der Waals surface area (Å²) in [5.41, 5.74) is 2.39. The molecule has 2 amide bonds. The summed E-state index contributed by atoms with van der Waals surface area (Å²) in [6.07, 6.45) is 3.82. The highest BCUT2D eigenvalue weighted by molar-refractivity contribution is 7.12. The van der Waals surface area contributed by atoms with E-state index in [9.17, 15) is 14.4 Å². The Kier molecular flexibility index (Phi) is 4.41. The molecule has 2 aromatic carbocycles. The average molecular weight is 485 g/mol. The number of hydrogen-bond donors (Lipinski definition) is 0. The molecule has 4 aliphatic rings. The van der Waals surface area contributed by atoms with Crippen molar-refractivity contribution in [3.05, 3.63) is 82.2 Å². The predicted octanol–water partition coefficient (Wildman–Crippen LogP) is 3.92. The van der Waals surface area contributed by atoms with Crippen molar-refractivity contribution in [1.82, 2.24) is 4.90 Å². The summed E-state index contributed by atoms with van der Waals surface area (Å²) >= 11 is 1.35. The van der Waals surface area contributed by atoms with Crippen molar-refractivity contribution in [2.75, 3.05) is 18.1 Å². The third-order valence-corrected chi connectivity index (χ3v) is 8.16. The lowest BCUT2D eigenvalue weighted by molar-refractivity contribution is -0.123. The molecule has 0 aliphatic carbocycles. The van der Waals surface area contributed by atoms with Crippen LogP contribution >= 0.6 is 11.3 Å². The van der Waals surface area contributed by atoms with Gasteiger partial charge in [0.05, 0.1) is 28.4 Å². The van der Waals surface area contributed by atoms with Gasteiger partial charge in [0.2, 0.25) is 11.8 Å². The van der Waals surface area contributed by atoms with Crippen LogP contribution in [0.1, 0.15) is 26.8 Å². The molecule has 0 N–H and O–H groups in total. The van der Waals surface area contributed by atoms with E-state index in [4.69, 9.17) is 9.47 Å². The van der Waals surface area contributed by atoms with E-state index < -0.39 is 23.9 Å². The maximum absolute atomic E-state index is 14.0. The van der Waals surface area contributed by atoms with Gasteiger partial charge in [0.25, 0.3) is 0 Å². The molecular weight excluding hydrogens is 464 g/mol. The molecule has 7 rings (SSSR count). The summed E-state index contributed by atoms with van der Waals surface area (Å²) in [6, 6.07) is 15.4. The molecule has 4 aliphatic heterocycles. The van der Waals surface area contributed by atoms with Crippen molar-refractivity contribution >= 4 is 40.7 Å². The topological polar surface area (TPSA) is 76.1 Å². The van der Waals surface area contributed by atoms with E-state index in [0.29, 0.717) is 35.3 Å². The quantitative estimate of drug-likeness (QED) is 0.414. The first kappa shape index (κ1) is 20.5. The summed E-state index contributed by atoms with van der Waals surface area (Å²) in [7, 11) is 0. The molecule has 35 heavy (non-hydrogen) atoms. The second kappa shape index (κ2) is 7.55. The Bertz CT molecular complexity index is 1410. The molecule has 5 heterocycles. The third-order valence-electron chi connectivity index (χ3n) is 7.28. The molecule has 1 aromatic heterocycles. The minimum absolute atomic E-state index is 0.133. The van der Waals surface area contributed by atoms with Gasteiger partial charge in [-0.25, -0.2) is 4.90 Å². The molecular formula is C27H20N2O5S. The van der Waals surface area contributed by atoms with Crippen LogP contribution in [0.2, 0.25) is 0 Å². The molecule has 4 atom stereocenters. The SMILES string of the molecule is O=C(c1cccs1)[C@@H]1[C@@H]2C(=O)N(c3ccc4c(c3)OCCO4)C(=O)[C@@H]2C2c3ccccc3C=CN21. The Hall–Kier alpha value is -3.91. The van der Waals surface area contributed by atoms with Gasteiger partial charge in [-0.3, -0.25) is 14.4 Å². The zero-order chi connectivity index (χ0) is 23.7.